The summed E-state index contributed by atoms with van der Waals surface area (Å²) in [6.07, 6.45) is 9.01. The molecule has 0 aliphatic carbocycles. The first kappa shape index (κ1) is 17.6. The number of unbranched alkanes of at least 4 members (excludes halogenated alkanes) is 5. The fourth-order valence-corrected chi connectivity index (χ4v) is 1.67. The number of aliphatic hydroxyl groups is 1. The molecule has 18 heavy (non-hydrogen) atoms. The second-order valence-electron chi connectivity index (χ2n) is 4.93. The second-order valence-corrected chi connectivity index (χ2v) is 4.93. The summed E-state index contributed by atoms with van der Waals surface area (Å²) in [6, 6.07) is 0.234. The van der Waals surface area contributed by atoms with Gasteiger partial charge in [0, 0.05) is 19.2 Å². The zero-order chi connectivity index (χ0) is 13.6. The quantitative estimate of drug-likeness (QED) is 0.394. The number of nitrogens with one attached hydrogen (secondary N) is 1. The fourth-order valence-electron chi connectivity index (χ4n) is 1.67. The van der Waals surface area contributed by atoms with Crippen LogP contribution in [0.25, 0.3) is 0 Å². The van der Waals surface area contributed by atoms with E-state index >= 15 is 0 Å². The van der Waals surface area contributed by atoms with E-state index < -0.39 is 6.10 Å². The van der Waals surface area contributed by atoms with Crippen molar-refractivity contribution in [3.63, 3.8) is 0 Å². The SMILES string of the molecule is C=CC(C)NCC(O)COCCCCCCCC. The van der Waals surface area contributed by atoms with Gasteiger partial charge in [-0.3, -0.25) is 0 Å². The third-order valence-corrected chi connectivity index (χ3v) is 2.98. The van der Waals surface area contributed by atoms with E-state index in [1.54, 1.807) is 0 Å². The van der Waals surface area contributed by atoms with Gasteiger partial charge in [0.25, 0.3) is 0 Å². The Morgan fingerprint density at radius 1 is 1.22 bits per heavy atom. The van der Waals surface area contributed by atoms with E-state index in [1.807, 2.05) is 13.0 Å². The molecule has 3 heteroatoms. The summed E-state index contributed by atoms with van der Waals surface area (Å²) in [4.78, 5) is 0. The van der Waals surface area contributed by atoms with Gasteiger partial charge in [0.05, 0.1) is 12.7 Å². The molecule has 0 amide bonds. The standard InChI is InChI=1S/C15H31NO2/c1-4-6-7-8-9-10-11-18-13-15(17)12-16-14(3)5-2/h5,14-17H,2,4,6-13H2,1,3H3. The molecular formula is C15H31NO2. The van der Waals surface area contributed by atoms with Crippen molar-refractivity contribution in [2.24, 2.45) is 0 Å². The van der Waals surface area contributed by atoms with E-state index in [1.165, 1.54) is 32.1 Å². The molecular weight excluding hydrogens is 226 g/mol. The van der Waals surface area contributed by atoms with Gasteiger partial charge >= 0.3 is 0 Å². The lowest BCUT2D eigenvalue weighted by Gasteiger charge is -2.14. The highest BCUT2D eigenvalue weighted by molar-refractivity contribution is 4.81. The Labute approximate surface area is 113 Å². The van der Waals surface area contributed by atoms with Crippen LogP contribution in [0.15, 0.2) is 12.7 Å². The Morgan fingerprint density at radius 3 is 2.56 bits per heavy atom. The smallest absolute Gasteiger partial charge is 0.0897 e. The van der Waals surface area contributed by atoms with Gasteiger partial charge in [-0.15, -0.1) is 6.58 Å². The first-order valence-corrected chi connectivity index (χ1v) is 7.32. The highest BCUT2D eigenvalue weighted by atomic mass is 16.5. The van der Waals surface area contributed by atoms with Crippen molar-refractivity contribution in [2.45, 2.75) is 64.5 Å². The molecule has 0 radical (unpaired) electrons. The number of hydrogen-bond acceptors (Lipinski definition) is 3. The highest BCUT2D eigenvalue weighted by Gasteiger charge is 2.04. The zero-order valence-electron chi connectivity index (χ0n) is 12.2. The molecule has 0 saturated carbocycles. The van der Waals surface area contributed by atoms with Gasteiger partial charge in [-0.2, -0.15) is 0 Å². The lowest BCUT2D eigenvalue weighted by atomic mass is 10.1. The van der Waals surface area contributed by atoms with E-state index in [-0.39, 0.29) is 6.04 Å². The molecule has 0 aromatic rings. The maximum absolute atomic E-state index is 9.64. The minimum absolute atomic E-state index is 0.234. The molecule has 0 aromatic carbocycles. The molecule has 0 saturated heterocycles. The van der Waals surface area contributed by atoms with Crippen molar-refractivity contribution < 1.29 is 9.84 Å². The Hall–Kier alpha value is -0.380. The van der Waals surface area contributed by atoms with Crippen LogP contribution < -0.4 is 5.32 Å². The normalized spacial score (nSPS) is 14.4. The molecule has 0 aliphatic heterocycles. The van der Waals surface area contributed by atoms with E-state index in [2.05, 4.69) is 18.8 Å². The predicted octanol–water partition coefficient (Wildman–Crippen LogP) is 2.89. The first-order chi connectivity index (χ1) is 8.70. The monoisotopic (exact) mass is 257 g/mol. The predicted molar refractivity (Wildman–Crippen MR) is 77.9 cm³/mol. The third-order valence-electron chi connectivity index (χ3n) is 2.98. The summed E-state index contributed by atoms with van der Waals surface area (Å²) in [7, 11) is 0. The number of hydrogen-bond donors (Lipinski definition) is 2. The Kier molecular flexibility index (Phi) is 12.8. The molecule has 2 atom stereocenters. The van der Waals surface area contributed by atoms with Gasteiger partial charge in [-0.1, -0.05) is 45.1 Å². The molecule has 3 nitrogen and oxygen atoms in total. The summed E-state index contributed by atoms with van der Waals surface area (Å²) in [5.41, 5.74) is 0. The number of ether oxygens (including phenoxy) is 1. The molecule has 108 valence electrons. The van der Waals surface area contributed by atoms with Crippen LogP contribution in [0.2, 0.25) is 0 Å². The first-order valence-electron chi connectivity index (χ1n) is 7.32. The van der Waals surface area contributed by atoms with Crippen LogP contribution in [-0.2, 0) is 4.74 Å². The molecule has 2 unspecified atom stereocenters. The molecule has 2 N–H and O–H groups in total. The van der Waals surface area contributed by atoms with Gasteiger partial charge in [0.15, 0.2) is 0 Å². The molecule has 0 bridgehead atoms. The van der Waals surface area contributed by atoms with Crippen molar-refractivity contribution in [2.75, 3.05) is 19.8 Å². The van der Waals surface area contributed by atoms with Gasteiger partial charge in [0.2, 0.25) is 0 Å². The van der Waals surface area contributed by atoms with E-state index in [9.17, 15) is 5.11 Å². The van der Waals surface area contributed by atoms with Gasteiger partial charge in [-0.25, -0.2) is 0 Å². The van der Waals surface area contributed by atoms with Crippen LogP contribution in [-0.4, -0.2) is 37.0 Å². The topological polar surface area (TPSA) is 41.5 Å². The van der Waals surface area contributed by atoms with Gasteiger partial charge in [-0.05, 0) is 13.3 Å². The van der Waals surface area contributed by atoms with Crippen molar-refractivity contribution in [3.05, 3.63) is 12.7 Å². The van der Waals surface area contributed by atoms with E-state index in [0.717, 1.165) is 13.0 Å². The molecule has 0 heterocycles. The van der Waals surface area contributed by atoms with Crippen LogP contribution >= 0.6 is 0 Å². The largest absolute Gasteiger partial charge is 0.389 e. The van der Waals surface area contributed by atoms with Gasteiger partial charge in [0.1, 0.15) is 0 Å². The average Bonchev–Trinajstić information content (AvgIpc) is 2.39. The van der Waals surface area contributed by atoms with Crippen LogP contribution in [0.3, 0.4) is 0 Å². The molecule has 0 fully saturated rings. The number of rotatable bonds is 13. The van der Waals surface area contributed by atoms with Crippen molar-refractivity contribution in [1.29, 1.82) is 0 Å². The molecule has 0 spiro atoms. The van der Waals surface area contributed by atoms with Gasteiger partial charge < -0.3 is 15.2 Å². The summed E-state index contributed by atoms with van der Waals surface area (Å²) < 4.78 is 5.45. The minimum Gasteiger partial charge on any atom is -0.389 e. The zero-order valence-corrected chi connectivity index (χ0v) is 12.2. The molecule has 0 rings (SSSR count). The maximum Gasteiger partial charge on any atom is 0.0897 e. The van der Waals surface area contributed by atoms with Crippen LogP contribution in [0.1, 0.15) is 52.4 Å². The van der Waals surface area contributed by atoms with Crippen LogP contribution in [0.4, 0.5) is 0 Å². The average molecular weight is 257 g/mol. The Bertz CT molecular complexity index is 185. The minimum atomic E-state index is -0.424. The summed E-state index contributed by atoms with van der Waals surface area (Å²) >= 11 is 0. The fraction of sp³-hybridized carbons (Fsp3) is 0.867. The summed E-state index contributed by atoms with van der Waals surface area (Å²) in [5, 5.41) is 12.8. The summed E-state index contributed by atoms with van der Waals surface area (Å²) in [5.74, 6) is 0. The maximum atomic E-state index is 9.64. The van der Waals surface area contributed by atoms with E-state index in [0.29, 0.717) is 13.2 Å². The molecule has 0 aliphatic rings. The van der Waals surface area contributed by atoms with Crippen molar-refractivity contribution in [3.8, 4) is 0 Å². The lowest BCUT2D eigenvalue weighted by Crippen LogP contribution is -2.35. The van der Waals surface area contributed by atoms with E-state index in [4.69, 9.17) is 4.74 Å². The van der Waals surface area contributed by atoms with Crippen LogP contribution in [0, 0.1) is 0 Å². The van der Waals surface area contributed by atoms with Crippen LogP contribution in [0.5, 0.6) is 0 Å². The summed E-state index contributed by atoms with van der Waals surface area (Å²) in [6.45, 7) is 9.66. The number of aliphatic hydroxyl groups excluding tert-OH is 1. The highest BCUT2D eigenvalue weighted by Crippen LogP contribution is 2.04. The Morgan fingerprint density at radius 2 is 1.89 bits per heavy atom. The lowest BCUT2D eigenvalue weighted by molar-refractivity contribution is 0.0349. The third kappa shape index (κ3) is 12.1. The van der Waals surface area contributed by atoms with Crippen molar-refractivity contribution in [1.82, 2.24) is 5.32 Å². The molecule has 0 aromatic heterocycles. The van der Waals surface area contributed by atoms with Crippen molar-refractivity contribution >= 4 is 0 Å². The second kappa shape index (κ2) is 13.1. The Balaban J connectivity index is 3.19.